The molecule has 1 heterocycles. The molecule has 1 atom stereocenters. The van der Waals surface area contributed by atoms with Gasteiger partial charge in [-0.05, 0) is 25.8 Å². The van der Waals surface area contributed by atoms with Gasteiger partial charge in [-0.25, -0.2) is 8.42 Å². The normalized spacial score (nSPS) is 19.8. The number of primary amides is 1. The molecule has 1 aliphatic rings. The third kappa shape index (κ3) is 2.95. The summed E-state index contributed by atoms with van der Waals surface area (Å²) in [6.07, 6.45) is 1.70. The van der Waals surface area contributed by atoms with E-state index in [0.717, 1.165) is 10.4 Å². The lowest BCUT2D eigenvalue weighted by Crippen LogP contribution is -2.50. The van der Waals surface area contributed by atoms with Crippen LogP contribution < -0.4 is 5.73 Å². The Morgan fingerprint density at radius 1 is 1.41 bits per heavy atom. The number of piperidine rings is 1. The Morgan fingerprint density at radius 2 is 2.09 bits per heavy atom. The van der Waals surface area contributed by atoms with Crippen LogP contribution in [0.4, 0.5) is 5.69 Å². The van der Waals surface area contributed by atoms with Crippen LogP contribution in [-0.4, -0.2) is 36.1 Å². The fourth-order valence-corrected chi connectivity index (χ4v) is 4.24. The summed E-state index contributed by atoms with van der Waals surface area (Å²) in [5, 5.41) is 11.0. The average molecular weight is 327 g/mol. The van der Waals surface area contributed by atoms with Gasteiger partial charge in [-0.3, -0.25) is 14.9 Å². The maximum absolute atomic E-state index is 12.7. The summed E-state index contributed by atoms with van der Waals surface area (Å²) in [4.78, 5) is 21.6. The minimum absolute atomic E-state index is 0.178. The molecular formula is C13H17N3O5S. The highest BCUT2D eigenvalue weighted by Crippen LogP contribution is 2.28. The first kappa shape index (κ1) is 16.4. The van der Waals surface area contributed by atoms with E-state index in [2.05, 4.69) is 0 Å². The molecule has 9 heteroatoms. The van der Waals surface area contributed by atoms with Crippen molar-refractivity contribution in [2.45, 2.75) is 37.1 Å². The highest BCUT2D eigenvalue weighted by molar-refractivity contribution is 7.89. The molecule has 120 valence electrons. The van der Waals surface area contributed by atoms with Crippen molar-refractivity contribution in [3.63, 3.8) is 0 Å². The van der Waals surface area contributed by atoms with Crippen LogP contribution in [0.15, 0.2) is 23.1 Å². The van der Waals surface area contributed by atoms with Gasteiger partial charge in [0.15, 0.2) is 0 Å². The molecule has 1 aliphatic heterocycles. The molecule has 1 fully saturated rings. The number of amides is 1. The number of nitro groups is 1. The molecule has 1 aromatic carbocycles. The first-order valence-electron chi connectivity index (χ1n) is 6.81. The smallest absolute Gasteiger partial charge is 0.273 e. The molecule has 1 saturated heterocycles. The second kappa shape index (κ2) is 6.01. The van der Waals surface area contributed by atoms with Crippen LogP contribution in [-0.2, 0) is 14.8 Å². The van der Waals surface area contributed by atoms with Crippen LogP contribution in [0.5, 0.6) is 0 Å². The number of hydrogen-bond donors (Lipinski definition) is 1. The van der Waals surface area contributed by atoms with Gasteiger partial charge in [-0.1, -0.05) is 12.5 Å². The summed E-state index contributed by atoms with van der Waals surface area (Å²) in [7, 11) is -4.00. The number of nitro benzene ring substituents is 1. The summed E-state index contributed by atoms with van der Waals surface area (Å²) in [5.41, 5.74) is 5.38. The van der Waals surface area contributed by atoms with E-state index in [-0.39, 0.29) is 17.1 Å². The van der Waals surface area contributed by atoms with E-state index in [0.29, 0.717) is 24.8 Å². The van der Waals surface area contributed by atoms with Gasteiger partial charge in [0.1, 0.15) is 6.04 Å². The van der Waals surface area contributed by atoms with E-state index in [1.165, 1.54) is 19.1 Å². The quantitative estimate of drug-likeness (QED) is 0.651. The van der Waals surface area contributed by atoms with Crippen molar-refractivity contribution in [1.29, 1.82) is 0 Å². The number of aryl methyl sites for hydroxylation is 1. The second-order valence-electron chi connectivity index (χ2n) is 5.24. The standard InChI is InChI=1S/C13H17N3O5S/c1-9-5-6-10(8-12(9)16(18)19)22(20,21)15-7-3-2-4-11(15)13(14)17/h5-6,8,11H,2-4,7H2,1H3,(H2,14,17)/t11-/m0/s1. The van der Waals surface area contributed by atoms with Crippen molar-refractivity contribution in [1.82, 2.24) is 4.31 Å². The van der Waals surface area contributed by atoms with Crippen molar-refractivity contribution in [3.05, 3.63) is 33.9 Å². The lowest BCUT2D eigenvalue weighted by atomic mass is 10.0. The summed E-state index contributed by atoms with van der Waals surface area (Å²) < 4.78 is 26.4. The Kier molecular flexibility index (Phi) is 4.47. The van der Waals surface area contributed by atoms with E-state index in [1.807, 2.05) is 0 Å². The number of carbonyl (C=O) groups is 1. The van der Waals surface area contributed by atoms with Crippen LogP contribution >= 0.6 is 0 Å². The zero-order valence-corrected chi connectivity index (χ0v) is 12.9. The Balaban J connectivity index is 2.47. The SMILES string of the molecule is Cc1ccc(S(=O)(=O)N2CCCC[C@H]2C(N)=O)cc1[N+](=O)[O-]. The van der Waals surface area contributed by atoms with Gasteiger partial charge in [0.25, 0.3) is 5.69 Å². The molecular weight excluding hydrogens is 310 g/mol. The lowest BCUT2D eigenvalue weighted by molar-refractivity contribution is -0.385. The van der Waals surface area contributed by atoms with Crippen LogP contribution in [0.3, 0.4) is 0 Å². The minimum atomic E-state index is -4.00. The number of nitrogens with zero attached hydrogens (tertiary/aromatic N) is 2. The van der Waals surface area contributed by atoms with Crippen molar-refractivity contribution in [3.8, 4) is 0 Å². The lowest BCUT2D eigenvalue weighted by Gasteiger charge is -2.32. The zero-order chi connectivity index (χ0) is 16.5. The molecule has 0 saturated carbocycles. The van der Waals surface area contributed by atoms with E-state index in [1.54, 1.807) is 0 Å². The number of rotatable bonds is 4. The Bertz CT molecular complexity index is 716. The first-order valence-corrected chi connectivity index (χ1v) is 8.25. The second-order valence-corrected chi connectivity index (χ2v) is 7.13. The largest absolute Gasteiger partial charge is 0.368 e. The molecule has 22 heavy (non-hydrogen) atoms. The molecule has 0 unspecified atom stereocenters. The summed E-state index contributed by atoms with van der Waals surface area (Å²) in [6, 6.07) is 2.81. The number of sulfonamides is 1. The average Bonchev–Trinajstić information content (AvgIpc) is 2.47. The van der Waals surface area contributed by atoms with E-state index >= 15 is 0 Å². The number of benzene rings is 1. The van der Waals surface area contributed by atoms with Gasteiger partial charge in [-0.2, -0.15) is 4.31 Å². The molecule has 2 rings (SSSR count). The van der Waals surface area contributed by atoms with Crippen LogP contribution in [0.2, 0.25) is 0 Å². The van der Waals surface area contributed by atoms with E-state index in [4.69, 9.17) is 5.73 Å². The fraction of sp³-hybridized carbons (Fsp3) is 0.462. The molecule has 1 amide bonds. The van der Waals surface area contributed by atoms with Crippen molar-refractivity contribution < 1.29 is 18.1 Å². The van der Waals surface area contributed by atoms with Gasteiger partial charge < -0.3 is 5.73 Å². The third-order valence-electron chi connectivity index (χ3n) is 3.77. The van der Waals surface area contributed by atoms with Gasteiger partial charge in [-0.15, -0.1) is 0 Å². The van der Waals surface area contributed by atoms with E-state index < -0.39 is 26.9 Å². The number of nitrogens with two attached hydrogens (primary N) is 1. The Labute approximate surface area is 128 Å². The topological polar surface area (TPSA) is 124 Å². The number of carbonyl (C=O) groups excluding carboxylic acids is 1. The maximum atomic E-state index is 12.7. The highest BCUT2D eigenvalue weighted by atomic mass is 32.2. The molecule has 0 bridgehead atoms. The Hall–Kier alpha value is -2.00. The van der Waals surface area contributed by atoms with Crippen molar-refractivity contribution in [2.24, 2.45) is 5.73 Å². The van der Waals surface area contributed by atoms with Crippen LogP contribution in [0.1, 0.15) is 24.8 Å². The zero-order valence-electron chi connectivity index (χ0n) is 12.1. The summed E-state index contributed by atoms with van der Waals surface area (Å²) in [6.45, 7) is 1.71. The highest BCUT2D eigenvalue weighted by Gasteiger charge is 2.37. The molecule has 0 aromatic heterocycles. The first-order chi connectivity index (χ1) is 10.2. The monoisotopic (exact) mass is 327 g/mol. The molecule has 2 N–H and O–H groups in total. The van der Waals surface area contributed by atoms with Crippen molar-refractivity contribution in [2.75, 3.05) is 6.54 Å². The third-order valence-corrected chi connectivity index (χ3v) is 5.67. The molecule has 0 spiro atoms. The van der Waals surface area contributed by atoms with Gasteiger partial charge in [0.2, 0.25) is 15.9 Å². The molecule has 0 radical (unpaired) electrons. The van der Waals surface area contributed by atoms with Gasteiger partial charge >= 0.3 is 0 Å². The molecule has 0 aliphatic carbocycles. The van der Waals surface area contributed by atoms with Crippen LogP contribution in [0.25, 0.3) is 0 Å². The summed E-state index contributed by atoms with van der Waals surface area (Å²) in [5.74, 6) is -0.704. The predicted molar refractivity (Wildman–Crippen MR) is 78.6 cm³/mol. The van der Waals surface area contributed by atoms with Gasteiger partial charge in [0, 0.05) is 18.2 Å². The number of hydrogen-bond acceptors (Lipinski definition) is 5. The summed E-state index contributed by atoms with van der Waals surface area (Å²) >= 11 is 0. The van der Waals surface area contributed by atoms with E-state index in [9.17, 15) is 23.3 Å². The fourth-order valence-electron chi connectivity index (χ4n) is 2.56. The van der Waals surface area contributed by atoms with Gasteiger partial charge in [0.05, 0.1) is 9.82 Å². The maximum Gasteiger partial charge on any atom is 0.273 e. The molecule has 8 nitrogen and oxygen atoms in total. The molecule has 1 aromatic rings. The van der Waals surface area contributed by atoms with Crippen molar-refractivity contribution >= 4 is 21.6 Å². The Morgan fingerprint density at radius 3 is 2.68 bits per heavy atom. The minimum Gasteiger partial charge on any atom is -0.368 e. The van der Waals surface area contributed by atoms with Crippen LogP contribution in [0, 0.1) is 17.0 Å². The predicted octanol–water partition coefficient (Wildman–Crippen LogP) is 0.932.